The van der Waals surface area contributed by atoms with Crippen molar-refractivity contribution in [1.82, 2.24) is 4.98 Å². The largest absolute Gasteiger partial charge is 0.310 e. The highest BCUT2D eigenvalue weighted by Crippen LogP contribution is 2.16. The van der Waals surface area contributed by atoms with Gasteiger partial charge in [-0.15, -0.1) is 0 Å². The van der Waals surface area contributed by atoms with Crippen LogP contribution in [0, 0.1) is 6.92 Å². The van der Waals surface area contributed by atoms with Crippen LogP contribution in [0.1, 0.15) is 11.1 Å². The monoisotopic (exact) mass is 304 g/mol. The standard InChI is InChI=1S/C15H16N2O3S/c1-11-7-8-14(16-10-11)17-15(18)9-12-5-3-4-6-13(12)21(2,19)20/h3-8,10H,9H2,1-2H3,(H,16,17,18). The summed E-state index contributed by atoms with van der Waals surface area (Å²) in [5.41, 5.74) is 1.47. The van der Waals surface area contributed by atoms with Gasteiger partial charge in [-0.25, -0.2) is 13.4 Å². The highest BCUT2D eigenvalue weighted by molar-refractivity contribution is 7.90. The first-order valence-corrected chi connectivity index (χ1v) is 8.26. The second-order valence-electron chi connectivity index (χ2n) is 4.83. The van der Waals surface area contributed by atoms with Crippen molar-refractivity contribution in [2.75, 3.05) is 11.6 Å². The Bertz CT molecular complexity index is 753. The molecule has 1 amide bonds. The van der Waals surface area contributed by atoms with E-state index in [0.29, 0.717) is 11.4 Å². The van der Waals surface area contributed by atoms with Gasteiger partial charge in [0, 0.05) is 12.5 Å². The number of carbonyl (C=O) groups excluding carboxylic acids is 1. The number of benzene rings is 1. The lowest BCUT2D eigenvalue weighted by atomic mass is 10.1. The van der Waals surface area contributed by atoms with Crippen LogP contribution in [0.2, 0.25) is 0 Å². The Morgan fingerprint density at radius 3 is 2.52 bits per heavy atom. The summed E-state index contributed by atoms with van der Waals surface area (Å²) in [6.07, 6.45) is 2.77. The molecule has 1 aromatic carbocycles. The predicted molar refractivity (Wildman–Crippen MR) is 80.9 cm³/mol. The Labute approximate surface area is 124 Å². The first-order valence-electron chi connectivity index (χ1n) is 6.37. The molecule has 0 aliphatic rings. The zero-order valence-corrected chi connectivity index (χ0v) is 12.6. The second kappa shape index (κ2) is 6.05. The number of hydrogen-bond donors (Lipinski definition) is 1. The van der Waals surface area contributed by atoms with Crippen molar-refractivity contribution in [3.8, 4) is 0 Å². The number of hydrogen-bond acceptors (Lipinski definition) is 4. The molecule has 0 unspecified atom stereocenters. The Kier molecular flexibility index (Phi) is 4.37. The Balaban J connectivity index is 2.15. The molecule has 1 N–H and O–H groups in total. The van der Waals surface area contributed by atoms with Crippen molar-refractivity contribution in [2.45, 2.75) is 18.2 Å². The fourth-order valence-corrected chi connectivity index (χ4v) is 2.86. The van der Waals surface area contributed by atoms with Crippen molar-refractivity contribution in [2.24, 2.45) is 0 Å². The number of amides is 1. The van der Waals surface area contributed by atoms with Crippen LogP contribution in [0.4, 0.5) is 5.82 Å². The molecule has 0 radical (unpaired) electrons. The topological polar surface area (TPSA) is 76.1 Å². The molecule has 0 spiro atoms. The summed E-state index contributed by atoms with van der Waals surface area (Å²) in [7, 11) is -3.35. The second-order valence-corrected chi connectivity index (χ2v) is 6.81. The number of rotatable bonds is 4. The molecule has 1 heterocycles. The van der Waals surface area contributed by atoms with Crippen molar-refractivity contribution in [1.29, 1.82) is 0 Å². The third-order valence-corrected chi connectivity index (χ3v) is 4.10. The van der Waals surface area contributed by atoms with E-state index < -0.39 is 9.84 Å². The molecule has 0 saturated heterocycles. The fraction of sp³-hybridized carbons (Fsp3) is 0.200. The number of pyridine rings is 1. The average molecular weight is 304 g/mol. The summed E-state index contributed by atoms with van der Waals surface area (Å²) in [5, 5.41) is 2.65. The quantitative estimate of drug-likeness (QED) is 0.937. The minimum absolute atomic E-state index is 0.0151. The van der Waals surface area contributed by atoms with Gasteiger partial charge in [0.05, 0.1) is 11.3 Å². The summed E-state index contributed by atoms with van der Waals surface area (Å²) in [4.78, 5) is 16.3. The van der Waals surface area contributed by atoms with Crippen molar-refractivity contribution < 1.29 is 13.2 Å². The van der Waals surface area contributed by atoms with E-state index in [1.54, 1.807) is 30.5 Å². The number of aryl methyl sites for hydroxylation is 1. The van der Waals surface area contributed by atoms with Gasteiger partial charge in [-0.05, 0) is 30.2 Å². The Hall–Kier alpha value is -2.21. The maximum atomic E-state index is 12.0. The number of carbonyl (C=O) groups is 1. The number of nitrogens with one attached hydrogen (secondary N) is 1. The highest BCUT2D eigenvalue weighted by atomic mass is 32.2. The highest BCUT2D eigenvalue weighted by Gasteiger charge is 2.15. The SMILES string of the molecule is Cc1ccc(NC(=O)Cc2ccccc2S(C)(=O)=O)nc1. The van der Waals surface area contributed by atoms with Crippen LogP contribution in [0.5, 0.6) is 0 Å². The molecule has 110 valence electrons. The van der Waals surface area contributed by atoms with E-state index in [2.05, 4.69) is 10.3 Å². The third-order valence-electron chi connectivity index (χ3n) is 2.90. The van der Waals surface area contributed by atoms with Gasteiger partial charge in [-0.2, -0.15) is 0 Å². The average Bonchev–Trinajstić information content (AvgIpc) is 2.41. The van der Waals surface area contributed by atoms with Gasteiger partial charge in [-0.1, -0.05) is 24.3 Å². The lowest BCUT2D eigenvalue weighted by Gasteiger charge is -2.08. The Morgan fingerprint density at radius 1 is 1.19 bits per heavy atom. The first kappa shape index (κ1) is 15.2. The fourth-order valence-electron chi connectivity index (χ4n) is 1.91. The van der Waals surface area contributed by atoms with Crippen LogP contribution in [0.25, 0.3) is 0 Å². The molecule has 0 bridgehead atoms. The van der Waals surface area contributed by atoms with E-state index in [9.17, 15) is 13.2 Å². The molecule has 1 aromatic heterocycles. The van der Waals surface area contributed by atoms with Crippen LogP contribution >= 0.6 is 0 Å². The molecule has 2 rings (SSSR count). The maximum absolute atomic E-state index is 12.0. The summed E-state index contributed by atoms with van der Waals surface area (Å²) >= 11 is 0. The van der Waals surface area contributed by atoms with E-state index in [4.69, 9.17) is 0 Å². The lowest BCUT2D eigenvalue weighted by Crippen LogP contribution is -2.17. The van der Waals surface area contributed by atoms with E-state index in [1.807, 2.05) is 13.0 Å². The van der Waals surface area contributed by atoms with E-state index in [0.717, 1.165) is 11.8 Å². The third kappa shape index (κ3) is 4.13. The zero-order chi connectivity index (χ0) is 15.5. The number of aromatic nitrogens is 1. The first-order chi connectivity index (χ1) is 9.86. The van der Waals surface area contributed by atoms with Crippen LogP contribution in [-0.2, 0) is 21.1 Å². The molecule has 2 aromatic rings. The smallest absolute Gasteiger partial charge is 0.229 e. The van der Waals surface area contributed by atoms with Crippen LogP contribution < -0.4 is 5.32 Å². The van der Waals surface area contributed by atoms with Gasteiger partial charge in [0.15, 0.2) is 9.84 Å². The molecule has 0 atom stereocenters. The van der Waals surface area contributed by atoms with Gasteiger partial charge < -0.3 is 5.32 Å². The van der Waals surface area contributed by atoms with Crippen molar-refractivity contribution in [3.05, 3.63) is 53.7 Å². The molecular formula is C15H16N2O3S. The molecular weight excluding hydrogens is 288 g/mol. The number of anilines is 1. The van der Waals surface area contributed by atoms with Gasteiger partial charge in [0.2, 0.25) is 5.91 Å². The minimum atomic E-state index is -3.35. The lowest BCUT2D eigenvalue weighted by molar-refractivity contribution is -0.115. The summed E-state index contributed by atoms with van der Waals surface area (Å²) in [6.45, 7) is 1.90. The molecule has 0 saturated carbocycles. The summed E-state index contributed by atoms with van der Waals surface area (Å²) in [6, 6.07) is 10.0. The van der Waals surface area contributed by atoms with E-state index in [1.165, 1.54) is 6.07 Å². The van der Waals surface area contributed by atoms with E-state index in [-0.39, 0.29) is 17.2 Å². The van der Waals surface area contributed by atoms with Gasteiger partial charge in [0.25, 0.3) is 0 Å². The normalized spacial score (nSPS) is 11.1. The van der Waals surface area contributed by atoms with Crippen LogP contribution in [0.3, 0.4) is 0 Å². The van der Waals surface area contributed by atoms with Crippen LogP contribution in [-0.4, -0.2) is 25.6 Å². The van der Waals surface area contributed by atoms with Crippen LogP contribution in [0.15, 0.2) is 47.5 Å². The number of nitrogens with zero attached hydrogens (tertiary/aromatic N) is 1. The van der Waals surface area contributed by atoms with Crippen molar-refractivity contribution >= 4 is 21.6 Å². The summed E-state index contributed by atoms with van der Waals surface area (Å²) in [5.74, 6) is 0.143. The zero-order valence-electron chi connectivity index (χ0n) is 11.8. The Morgan fingerprint density at radius 2 is 1.90 bits per heavy atom. The van der Waals surface area contributed by atoms with Gasteiger partial charge in [-0.3, -0.25) is 4.79 Å². The van der Waals surface area contributed by atoms with Gasteiger partial charge in [0.1, 0.15) is 5.82 Å². The maximum Gasteiger partial charge on any atom is 0.229 e. The van der Waals surface area contributed by atoms with E-state index >= 15 is 0 Å². The molecule has 0 aliphatic carbocycles. The summed E-state index contributed by atoms with van der Waals surface area (Å²) < 4.78 is 23.4. The minimum Gasteiger partial charge on any atom is -0.310 e. The number of sulfone groups is 1. The van der Waals surface area contributed by atoms with Crippen molar-refractivity contribution in [3.63, 3.8) is 0 Å². The predicted octanol–water partition coefficient (Wildman–Crippen LogP) is 1.97. The molecule has 5 nitrogen and oxygen atoms in total. The molecule has 0 fully saturated rings. The molecule has 6 heteroatoms. The molecule has 21 heavy (non-hydrogen) atoms. The van der Waals surface area contributed by atoms with Gasteiger partial charge >= 0.3 is 0 Å². The molecule has 0 aliphatic heterocycles.